The van der Waals surface area contributed by atoms with Crippen molar-refractivity contribution < 1.29 is 4.52 Å². The molecular weight excluding hydrogens is 282 g/mol. The highest BCUT2D eigenvalue weighted by atomic mass is 32.1. The van der Waals surface area contributed by atoms with E-state index in [0.29, 0.717) is 11.7 Å². The van der Waals surface area contributed by atoms with Gasteiger partial charge in [0.25, 0.3) is 0 Å². The number of benzene rings is 1. The molecule has 1 aliphatic rings. The van der Waals surface area contributed by atoms with E-state index in [9.17, 15) is 0 Å². The van der Waals surface area contributed by atoms with Crippen molar-refractivity contribution in [3.8, 4) is 10.7 Å². The highest BCUT2D eigenvalue weighted by Crippen LogP contribution is 2.34. The van der Waals surface area contributed by atoms with E-state index in [0.717, 1.165) is 17.2 Å². The fourth-order valence-electron chi connectivity index (χ4n) is 3.04. The molecular formula is C16H15N3OS. The van der Waals surface area contributed by atoms with Gasteiger partial charge in [0.1, 0.15) is 0 Å². The first-order chi connectivity index (χ1) is 10.4. The summed E-state index contributed by atoms with van der Waals surface area (Å²) in [6, 6.07) is 8.71. The lowest BCUT2D eigenvalue weighted by Gasteiger charge is -2.24. The summed E-state index contributed by atoms with van der Waals surface area (Å²) >= 11 is 1.53. The zero-order chi connectivity index (χ0) is 14.1. The highest BCUT2D eigenvalue weighted by molar-refractivity contribution is 7.13. The molecule has 1 unspecified atom stereocenters. The zero-order valence-electron chi connectivity index (χ0n) is 11.5. The standard InChI is InChI=1S/C16H15N3OS/c1-2-7-13-11(4-1)5-3-6-12(13)8-15-18-16(19-20-15)14-9-17-10-21-14/h1-2,4,7,9-10,12H,3,5-6,8H2. The monoisotopic (exact) mass is 297 g/mol. The van der Waals surface area contributed by atoms with Gasteiger partial charge < -0.3 is 4.52 Å². The first-order valence-electron chi connectivity index (χ1n) is 7.19. The molecule has 5 heteroatoms. The van der Waals surface area contributed by atoms with Gasteiger partial charge in [0, 0.05) is 12.6 Å². The van der Waals surface area contributed by atoms with E-state index < -0.39 is 0 Å². The van der Waals surface area contributed by atoms with Crippen LogP contribution in [0.2, 0.25) is 0 Å². The Kier molecular flexibility index (Phi) is 3.27. The Morgan fingerprint density at radius 2 is 2.24 bits per heavy atom. The third kappa shape index (κ3) is 2.49. The van der Waals surface area contributed by atoms with Gasteiger partial charge >= 0.3 is 0 Å². The Morgan fingerprint density at radius 3 is 3.14 bits per heavy atom. The SMILES string of the molecule is c1ccc2c(c1)CCCC2Cc1nc(-c2cncs2)no1. The highest BCUT2D eigenvalue weighted by Gasteiger charge is 2.22. The van der Waals surface area contributed by atoms with Crippen LogP contribution >= 0.6 is 11.3 Å². The maximum atomic E-state index is 5.42. The molecule has 2 heterocycles. The summed E-state index contributed by atoms with van der Waals surface area (Å²) in [4.78, 5) is 9.52. The molecule has 21 heavy (non-hydrogen) atoms. The van der Waals surface area contributed by atoms with Crippen LogP contribution in [-0.4, -0.2) is 15.1 Å². The first-order valence-corrected chi connectivity index (χ1v) is 8.07. The minimum atomic E-state index is 0.490. The molecule has 0 saturated heterocycles. The van der Waals surface area contributed by atoms with E-state index in [1.54, 1.807) is 11.7 Å². The first kappa shape index (κ1) is 12.7. The minimum absolute atomic E-state index is 0.490. The maximum absolute atomic E-state index is 5.42. The van der Waals surface area contributed by atoms with Crippen molar-refractivity contribution in [2.45, 2.75) is 31.6 Å². The van der Waals surface area contributed by atoms with Crippen molar-refractivity contribution in [1.29, 1.82) is 0 Å². The van der Waals surface area contributed by atoms with Crippen LogP contribution in [0.3, 0.4) is 0 Å². The minimum Gasteiger partial charge on any atom is -0.339 e. The van der Waals surface area contributed by atoms with Crippen molar-refractivity contribution in [3.63, 3.8) is 0 Å². The second-order valence-corrected chi connectivity index (χ2v) is 6.26. The fraction of sp³-hybridized carbons (Fsp3) is 0.312. The summed E-state index contributed by atoms with van der Waals surface area (Å²) in [6.45, 7) is 0. The summed E-state index contributed by atoms with van der Waals surface area (Å²) in [5, 5.41) is 4.06. The smallest absolute Gasteiger partial charge is 0.227 e. The van der Waals surface area contributed by atoms with Crippen molar-refractivity contribution in [2.75, 3.05) is 0 Å². The molecule has 4 nitrogen and oxygen atoms in total. The van der Waals surface area contributed by atoms with Crippen molar-refractivity contribution in [3.05, 3.63) is 53.0 Å². The Balaban J connectivity index is 1.57. The molecule has 0 aliphatic heterocycles. The van der Waals surface area contributed by atoms with Gasteiger partial charge in [-0.05, 0) is 36.3 Å². The topological polar surface area (TPSA) is 51.8 Å². The van der Waals surface area contributed by atoms with E-state index in [1.165, 1.54) is 41.7 Å². The molecule has 4 rings (SSSR count). The van der Waals surface area contributed by atoms with Crippen molar-refractivity contribution in [1.82, 2.24) is 15.1 Å². The molecule has 3 aromatic rings. The lowest BCUT2D eigenvalue weighted by Crippen LogP contribution is -2.12. The number of aromatic nitrogens is 3. The van der Waals surface area contributed by atoms with E-state index >= 15 is 0 Å². The van der Waals surface area contributed by atoms with Gasteiger partial charge in [-0.3, -0.25) is 4.98 Å². The summed E-state index contributed by atoms with van der Waals surface area (Å²) in [5.74, 6) is 1.86. The van der Waals surface area contributed by atoms with E-state index in [-0.39, 0.29) is 0 Å². The molecule has 1 aliphatic carbocycles. The number of fused-ring (bicyclic) bond motifs is 1. The number of aryl methyl sites for hydroxylation is 1. The average Bonchev–Trinajstić information content (AvgIpc) is 3.18. The van der Waals surface area contributed by atoms with Crippen LogP contribution in [-0.2, 0) is 12.8 Å². The van der Waals surface area contributed by atoms with Crippen LogP contribution in [0.1, 0.15) is 35.8 Å². The van der Waals surface area contributed by atoms with Gasteiger partial charge in [-0.2, -0.15) is 4.98 Å². The Morgan fingerprint density at radius 1 is 1.29 bits per heavy atom. The molecule has 0 bridgehead atoms. The fourth-order valence-corrected chi connectivity index (χ4v) is 3.59. The quantitative estimate of drug-likeness (QED) is 0.736. The molecule has 0 N–H and O–H groups in total. The van der Waals surface area contributed by atoms with E-state index in [4.69, 9.17) is 4.52 Å². The lowest BCUT2D eigenvalue weighted by molar-refractivity contribution is 0.362. The van der Waals surface area contributed by atoms with E-state index in [2.05, 4.69) is 39.4 Å². The van der Waals surface area contributed by atoms with Gasteiger partial charge in [-0.1, -0.05) is 29.4 Å². The van der Waals surface area contributed by atoms with Crippen LogP contribution in [0.25, 0.3) is 10.7 Å². The lowest BCUT2D eigenvalue weighted by atomic mass is 9.81. The number of nitrogens with zero attached hydrogens (tertiary/aromatic N) is 3. The summed E-state index contributed by atoms with van der Waals surface area (Å²) in [6.07, 6.45) is 6.20. The van der Waals surface area contributed by atoms with Gasteiger partial charge in [-0.15, -0.1) is 11.3 Å². The largest absolute Gasteiger partial charge is 0.339 e. The number of thiazole rings is 1. The Hall–Kier alpha value is -2.01. The second kappa shape index (κ2) is 5.41. The number of hydrogen-bond acceptors (Lipinski definition) is 5. The Labute approximate surface area is 126 Å². The molecule has 1 atom stereocenters. The van der Waals surface area contributed by atoms with Gasteiger partial charge in [0.2, 0.25) is 11.7 Å². The molecule has 1 aromatic carbocycles. The number of hydrogen-bond donors (Lipinski definition) is 0. The summed E-state index contributed by atoms with van der Waals surface area (Å²) in [5.41, 5.74) is 4.69. The molecule has 0 amide bonds. The van der Waals surface area contributed by atoms with Crippen LogP contribution in [0.5, 0.6) is 0 Å². The molecule has 0 fully saturated rings. The average molecular weight is 297 g/mol. The molecule has 0 saturated carbocycles. The number of rotatable bonds is 3. The third-order valence-electron chi connectivity index (χ3n) is 4.04. The van der Waals surface area contributed by atoms with Crippen molar-refractivity contribution in [2.24, 2.45) is 0 Å². The molecule has 0 spiro atoms. The molecule has 2 aromatic heterocycles. The van der Waals surface area contributed by atoms with E-state index in [1.807, 2.05) is 0 Å². The second-order valence-electron chi connectivity index (χ2n) is 5.37. The Bertz CT molecular complexity index is 736. The van der Waals surface area contributed by atoms with Gasteiger partial charge in [0.05, 0.1) is 10.4 Å². The van der Waals surface area contributed by atoms with Crippen LogP contribution in [0.4, 0.5) is 0 Å². The van der Waals surface area contributed by atoms with Crippen LogP contribution in [0, 0.1) is 0 Å². The molecule has 106 valence electrons. The van der Waals surface area contributed by atoms with Gasteiger partial charge in [0.15, 0.2) is 0 Å². The van der Waals surface area contributed by atoms with Crippen molar-refractivity contribution >= 4 is 11.3 Å². The maximum Gasteiger partial charge on any atom is 0.227 e. The normalized spacial score (nSPS) is 17.6. The van der Waals surface area contributed by atoms with Crippen LogP contribution < -0.4 is 0 Å². The van der Waals surface area contributed by atoms with Crippen LogP contribution in [0.15, 0.2) is 40.5 Å². The predicted octanol–water partition coefficient (Wildman–Crippen LogP) is 3.86. The summed E-state index contributed by atoms with van der Waals surface area (Å²) < 4.78 is 5.42. The summed E-state index contributed by atoms with van der Waals surface area (Å²) in [7, 11) is 0. The van der Waals surface area contributed by atoms with Gasteiger partial charge in [-0.25, -0.2) is 0 Å². The third-order valence-corrected chi connectivity index (χ3v) is 4.80. The predicted molar refractivity (Wildman–Crippen MR) is 81.2 cm³/mol. The molecule has 0 radical (unpaired) electrons. The zero-order valence-corrected chi connectivity index (χ0v) is 12.3.